The summed E-state index contributed by atoms with van der Waals surface area (Å²) in [7, 11) is 0. The average molecular weight is 335 g/mol. The summed E-state index contributed by atoms with van der Waals surface area (Å²) in [5.74, 6) is 1.63. The monoisotopic (exact) mass is 334 g/mol. The molecule has 0 aromatic heterocycles. The van der Waals surface area contributed by atoms with Crippen LogP contribution >= 0.6 is 0 Å². The second-order valence-corrected chi connectivity index (χ2v) is 8.02. The van der Waals surface area contributed by atoms with Gasteiger partial charge < -0.3 is 15.4 Å². The number of nitrogens with zero attached hydrogens (tertiary/aromatic N) is 2. The van der Waals surface area contributed by atoms with Crippen LogP contribution in [0.4, 0.5) is 0 Å². The van der Waals surface area contributed by atoms with E-state index < -0.39 is 0 Å². The van der Waals surface area contributed by atoms with Gasteiger partial charge in [-0.3, -0.25) is 9.89 Å². The zero-order valence-corrected chi connectivity index (χ0v) is 15.6. The van der Waals surface area contributed by atoms with Crippen molar-refractivity contribution in [2.75, 3.05) is 32.8 Å². The van der Waals surface area contributed by atoms with E-state index in [0.29, 0.717) is 24.1 Å². The molecule has 136 valence electrons. The number of likely N-dealkylation sites (tertiary alicyclic amines) is 1. The molecule has 24 heavy (non-hydrogen) atoms. The summed E-state index contributed by atoms with van der Waals surface area (Å²) in [6, 6.07) is 0.978. The lowest BCUT2D eigenvalue weighted by atomic mass is 9.57. The van der Waals surface area contributed by atoms with Gasteiger partial charge in [-0.05, 0) is 26.2 Å². The molecule has 3 aliphatic rings. The van der Waals surface area contributed by atoms with Gasteiger partial charge >= 0.3 is 0 Å². The summed E-state index contributed by atoms with van der Waals surface area (Å²) >= 11 is 0. The molecule has 2 heterocycles. The minimum Gasteiger partial charge on any atom is -0.377 e. The Bertz CT molecular complexity index is 468. The highest BCUT2D eigenvalue weighted by Crippen LogP contribution is 2.52. The number of piperidine rings is 1. The van der Waals surface area contributed by atoms with E-state index >= 15 is 0 Å². The topological polar surface area (TPSA) is 48.9 Å². The van der Waals surface area contributed by atoms with Crippen LogP contribution < -0.4 is 10.6 Å². The van der Waals surface area contributed by atoms with Crippen LogP contribution in [0.5, 0.6) is 0 Å². The summed E-state index contributed by atoms with van der Waals surface area (Å²) < 4.78 is 5.91. The molecule has 2 aliphatic heterocycles. The molecule has 3 fully saturated rings. The van der Waals surface area contributed by atoms with E-state index in [1.807, 2.05) is 6.08 Å². The average Bonchev–Trinajstić information content (AvgIpc) is 3.02. The Labute approximate surface area is 146 Å². The van der Waals surface area contributed by atoms with Gasteiger partial charge in [0.2, 0.25) is 0 Å². The maximum Gasteiger partial charge on any atom is 0.191 e. The molecule has 2 N–H and O–H groups in total. The summed E-state index contributed by atoms with van der Waals surface area (Å²) in [6.07, 6.45) is 5.92. The van der Waals surface area contributed by atoms with E-state index in [2.05, 4.69) is 42.9 Å². The first kappa shape index (κ1) is 17.7. The summed E-state index contributed by atoms with van der Waals surface area (Å²) in [5.41, 5.74) is 0.185. The summed E-state index contributed by atoms with van der Waals surface area (Å²) in [4.78, 5) is 7.16. The van der Waals surface area contributed by atoms with Gasteiger partial charge in [0.05, 0.1) is 6.10 Å². The molecule has 5 nitrogen and oxygen atoms in total. The Hall–Kier alpha value is -1.07. The van der Waals surface area contributed by atoms with E-state index in [-0.39, 0.29) is 5.41 Å². The highest BCUT2D eigenvalue weighted by Gasteiger charge is 2.59. The minimum atomic E-state index is 0.185. The smallest absolute Gasteiger partial charge is 0.191 e. The van der Waals surface area contributed by atoms with Crippen molar-refractivity contribution in [2.24, 2.45) is 16.3 Å². The molecule has 3 atom stereocenters. The second kappa shape index (κ2) is 7.44. The number of fused-ring (bicyclic) bond motifs is 1. The van der Waals surface area contributed by atoms with Crippen LogP contribution in [0.15, 0.2) is 17.6 Å². The third kappa shape index (κ3) is 3.47. The molecule has 0 radical (unpaired) electrons. The zero-order chi connectivity index (χ0) is 17.2. The maximum absolute atomic E-state index is 5.91. The first-order chi connectivity index (χ1) is 11.6. The lowest BCUT2D eigenvalue weighted by Crippen LogP contribution is -2.68. The number of hydrogen-bond donors (Lipinski definition) is 2. The van der Waals surface area contributed by atoms with Gasteiger partial charge in [0.25, 0.3) is 0 Å². The van der Waals surface area contributed by atoms with E-state index in [0.717, 1.165) is 38.7 Å². The number of rotatable bonds is 5. The predicted molar refractivity (Wildman–Crippen MR) is 99.3 cm³/mol. The van der Waals surface area contributed by atoms with Crippen molar-refractivity contribution in [3.05, 3.63) is 12.7 Å². The largest absolute Gasteiger partial charge is 0.377 e. The van der Waals surface area contributed by atoms with Gasteiger partial charge in [0, 0.05) is 56.2 Å². The molecule has 0 aromatic carbocycles. The van der Waals surface area contributed by atoms with E-state index in [1.54, 1.807) is 0 Å². The molecule has 0 amide bonds. The number of guanidine groups is 1. The van der Waals surface area contributed by atoms with Gasteiger partial charge in [-0.15, -0.1) is 6.58 Å². The van der Waals surface area contributed by atoms with Gasteiger partial charge in [-0.25, -0.2) is 0 Å². The van der Waals surface area contributed by atoms with Crippen LogP contribution in [0, 0.1) is 11.3 Å². The molecule has 1 aliphatic carbocycles. The Balaban J connectivity index is 1.54. The summed E-state index contributed by atoms with van der Waals surface area (Å²) in [5, 5.41) is 7.41. The second-order valence-electron chi connectivity index (χ2n) is 8.02. The first-order valence-corrected chi connectivity index (χ1v) is 9.58. The van der Waals surface area contributed by atoms with Crippen LogP contribution in [-0.2, 0) is 4.74 Å². The highest BCUT2D eigenvalue weighted by molar-refractivity contribution is 5.80. The van der Waals surface area contributed by atoms with E-state index in [9.17, 15) is 0 Å². The third-order valence-corrected chi connectivity index (χ3v) is 6.02. The molecule has 3 unspecified atom stereocenters. The van der Waals surface area contributed by atoms with Gasteiger partial charge in [0.1, 0.15) is 0 Å². The molecule has 5 heteroatoms. The van der Waals surface area contributed by atoms with Crippen LogP contribution in [-0.4, -0.2) is 61.8 Å². The van der Waals surface area contributed by atoms with Crippen LogP contribution in [0.1, 0.15) is 40.0 Å². The van der Waals surface area contributed by atoms with E-state index in [1.165, 1.54) is 19.3 Å². The maximum atomic E-state index is 5.91. The SMILES string of the molecule is C=CCN1CCC(NC(=NCC)NC2C3CCOC3C2(C)C)CC1. The van der Waals surface area contributed by atoms with Gasteiger partial charge in [-0.2, -0.15) is 0 Å². The van der Waals surface area contributed by atoms with Crippen molar-refractivity contribution in [2.45, 2.75) is 58.2 Å². The van der Waals surface area contributed by atoms with Crippen molar-refractivity contribution in [1.29, 1.82) is 0 Å². The van der Waals surface area contributed by atoms with Crippen LogP contribution in [0.3, 0.4) is 0 Å². The zero-order valence-electron chi connectivity index (χ0n) is 15.6. The predicted octanol–water partition coefficient (Wildman–Crippen LogP) is 2.01. The van der Waals surface area contributed by atoms with Crippen molar-refractivity contribution >= 4 is 5.96 Å². The highest BCUT2D eigenvalue weighted by atomic mass is 16.5. The van der Waals surface area contributed by atoms with Gasteiger partial charge in [0.15, 0.2) is 5.96 Å². The fourth-order valence-corrected chi connectivity index (χ4v) is 4.69. The molecule has 0 spiro atoms. The standard InChI is InChI=1S/C19H34N4O/c1-5-10-23-11-7-14(8-12-23)21-18(20-6-2)22-16-15-9-13-24-17(15)19(16,3)4/h5,14-17H,1,6-13H2,2-4H3,(H2,20,21,22). The van der Waals surface area contributed by atoms with Crippen LogP contribution in [0.2, 0.25) is 0 Å². The Morgan fingerprint density at radius 3 is 2.71 bits per heavy atom. The van der Waals surface area contributed by atoms with Crippen molar-refractivity contribution in [3.8, 4) is 0 Å². The molecular weight excluding hydrogens is 300 g/mol. The number of aliphatic imine (C=N–C) groups is 1. The Morgan fingerprint density at radius 1 is 1.29 bits per heavy atom. The quantitative estimate of drug-likeness (QED) is 0.459. The fraction of sp³-hybridized carbons (Fsp3) is 0.842. The Kier molecular flexibility index (Phi) is 5.50. The van der Waals surface area contributed by atoms with Crippen molar-refractivity contribution in [3.63, 3.8) is 0 Å². The third-order valence-electron chi connectivity index (χ3n) is 6.02. The molecule has 1 saturated carbocycles. The minimum absolute atomic E-state index is 0.185. The van der Waals surface area contributed by atoms with Crippen molar-refractivity contribution in [1.82, 2.24) is 15.5 Å². The Morgan fingerprint density at radius 2 is 2.04 bits per heavy atom. The normalized spacial score (nSPS) is 33.6. The number of hydrogen-bond acceptors (Lipinski definition) is 3. The summed E-state index contributed by atoms with van der Waals surface area (Å²) in [6.45, 7) is 15.6. The number of ether oxygens (including phenoxy) is 1. The van der Waals surface area contributed by atoms with E-state index in [4.69, 9.17) is 9.73 Å². The molecule has 3 rings (SSSR count). The lowest BCUT2D eigenvalue weighted by molar-refractivity contribution is -0.106. The van der Waals surface area contributed by atoms with Gasteiger partial charge in [-0.1, -0.05) is 19.9 Å². The first-order valence-electron chi connectivity index (χ1n) is 9.58. The molecule has 0 bridgehead atoms. The molecule has 0 aromatic rings. The molecule has 2 saturated heterocycles. The van der Waals surface area contributed by atoms with Crippen LogP contribution in [0.25, 0.3) is 0 Å². The number of nitrogens with one attached hydrogen (secondary N) is 2. The molecular formula is C19H34N4O. The van der Waals surface area contributed by atoms with Crippen molar-refractivity contribution < 1.29 is 4.74 Å². The fourth-order valence-electron chi connectivity index (χ4n) is 4.69. The lowest BCUT2D eigenvalue weighted by Gasteiger charge is -2.55.